The molecule has 2 aromatic rings. The molecule has 2 aliphatic rings. The number of amidine groups is 1. The molecule has 0 amide bonds. The number of hydrogen-bond acceptors (Lipinski definition) is 6. The van der Waals surface area contributed by atoms with E-state index in [0.717, 1.165) is 53.8 Å². The zero-order valence-electron chi connectivity index (χ0n) is 17.3. The summed E-state index contributed by atoms with van der Waals surface area (Å²) in [5.41, 5.74) is 2.00. The summed E-state index contributed by atoms with van der Waals surface area (Å²) in [6, 6.07) is 14.0. The van der Waals surface area contributed by atoms with Gasteiger partial charge in [-0.1, -0.05) is 23.7 Å². The molecular formula is C22H27ClN4O2S. The molecule has 6 nitrogen and oxygen atoms in total. The molecular weight excluding hydrogens is 420 g/mol. The van der Waals surface area contributed by atoms with Gasteiger partial charge in [-0.25, -0.2) is 4.31 Å². The van der Waals surface area contributed by atoms with Gasteiger partial charge in [-0.3, -0.25) is 4.99 Å². The zero-order chi connectivity index (χ0) is 21.0. The summed E-state index contributed by atoms with van der Waals surface area (Å²) in [5, 5.41) is 8.08. The second-order valence-electron chi connectivity index (χ2n) is 7.42. The number of para-hydroxylation sites is 2. The summed E-state index contributed by atoms with van der Waals surface area (Å²) in [4.78, 5) is 5.89. The number of benzene rings is 2. The van der Waals surface area contributed by atoms with Crippen molar-refractivity contribution in [3.8, 4) is 5.75 Å². The second kappa shape index (κ2) is 9.47. The minimum Gasteiger partial charge on any atom is -0.496 e. The Morgan fingerprint density at radius 3 is 2.63 bits per heavy atom. The average molecular weight is 447 g/mol. The lowest BCUT2D eigenvalue weighted by Gasteiger charge is -2.46. The van der Waals surface area contributed by atoms with Crippen molar-refractivity contribution >= 4 is 40.8 Å². The molecule has 4 rings (SSSR count). The number of hydrogen-bond donors (Lipinski definition) is 2. The third kappa shape index (κ3) is 4.54. The Bertz CT molecular complexity index is 916. The normalized spacial score (nSPS) is 19.2. The van der Waals surface area contributed by atoms with Crippen molar-refractivity contribution in [1.29, 1.82) is 0 Å². The van der Waals surface area contributed by atoms with Crippen LogP contribution in [0.15, 0.2) is 52.4 Å². The lowest BCUT2D eigenvalue weighted by molar-refractivity contribution is 0.207. The number of anilines is 2. The van der Waals surface area contributed by atoms with Crippen molar-refractivity contribution in [1.82, 2.24) is 4.31 Å². The predicted molar refractivity (Wildman–Crippen MR) is 125 cm³/mol. The maximum Gasteiger partial charge on any atom is 0.133 e. The molecule has 0 atom stereocenters. The molecule has 2 aliphatic heterocycles. The summed E-state index contributed by atoms with van der Waals surface area (Å²) < 4.78 is 13.1. The zero-order valence-corrected chi connectivity index (χ0v) is 18.9. The third-order valence-corrected chi connectivity index (χ3v) is 6.88. The number of methoxy groups -OCH3 is 2. The number of piperidine rings is 1. The monoisotopic (exact) mass is 446 g/mol. The summed E-state index contributed by atoms with van der Waals surface area (Å²) in [6.45, 7) is 3.09. The van der Waals surface area contributed by atoms with E-state index in [1.807, 2.05) is 24.3 Å². The standard InChI is InChI=1S/C22H27ClN4O2S/c1-28-14-11-24-21-22(26-18-6-4-3-5-17(18)25-21)9-12-27(13-10-22)30-20-15-16(23)7-8-19(20)29-2/h3-8,15,26H,9-14H2,1-2H3,(H,24,25). The van der Waals surface area contributed by atoms with Gasteiger partial charge < -0.3 is 20.1 Å². The van der Waals surface area contributed by atoms with Gasteiger partial charge in [-0.2, -0.15) is 0 Å². The van der Waals surface area contributed by atoms with Gasteiger partial charge in [0.2, 0.25) is 0 Å². The molecule has 0 aromatic heterocycles. The van der Waals surface area contributed by atoms with Crippen molar-refractivity contribution in [2.75, 3.05) is 51.1 Å². The first-order valence-electron chi connectivity index (χ1n) is 10.1. The first kappa shape index (κ1) is 21.3. The number of ether oxygens (including phenoxy) is 2. The maximum absolute atomic E-state index is 6.20. The van der Waals surface area contributed by atoms with Crippen LogP contribution in [0.3, 0.4) is 0 Å². The van der Waals surface area contributed by atoms with Crippen LogP contribution in [-0.4, -0.2) is 56.1 Å². The average Bonchev–Trinajstić information content (AvgIpc) is 2.76. The molecule has 0 unspecified atom stereocenters. The summed E-state index contributed by atoms with van der Waals surface area (Å²) in [5.74, 6) is 1.85. The van der Waals surface area contributed by atoms with E-state index < -0.39 is 0 Å². The number of fused-ring (bicyclic) bond motifs is 1. The van der Waals surface area contributed by atoms with Gasteiger partial charge in [0.15, 0.2) is 0 Å². The number of nitrogens with zero attached hydrogens (tertiary/aromatic N) is 2. The first-order chi connectivity index (χ1) is 14.6. The first-order valence-corrected chi connectivity index (χ1v) is 11.2. The fourth-order valence-corrected chi connectivity index (χ4v) is 5.19. The molecule has 0 radical (unpaired) electrons. The fourth-order valence-electron chi connectivity index (χ4n) is 3.89. The van der Waals surface area contributed by atoms with E-state index in [2.05, 4.69) is 33.1 Å². The third-order valence-electron chi connectivity index (χ3n) is 5.50. The van der Waals surface area contributed by atoms with E-state index in [4.69, 9.17) is 26.1 Å². The van der Waals surface area contributed by atoms with Crippen LogP contribution in [0.2, 0.25) is 5.02 Å². The van der Waals surface area contributed by atoms with E-state index in [9.17, 15) is 0 Å². The maximum atomic E-state index is 6.20. The SMILES string of the molecule is COCCN=C1Nc2ccccc2NC12CCN(Sc1cc(Cl)ccc1OC)CC2. The van der Waals surface area contributed by atoms with E-state index in [-0.39, 0.29) is 5.54 Å². The molecule has 1 spiro atoms. The topological polar surface area (TPSA) is 58.1 Å². The number of nitrogens with one attached hydrogen (secondary N) is 2. The van der Waals surface area contributed by atoms with Crippen LogP contribution in [0.5, 0.6) is 5.75 Å². The van der Waals surface area contributed by atoms with Crippen LogP contribution in [0, 0.1) is 0 Å². The highest BCUT2D eigenvalue weighted by atomic mass is 35.5. The Balaban J connectivity index is 1.51. The Morgan fingerprint density at radius 2 is 1.90 bits per heavy atom. The molecule has 0 bridgehead atoms. The molecule has 8 heteroatoms. The Morgan fingerprint density at radius 1 is 1.13 bits per heavy atom. The summed E-state index contributed by atoms with van der Waals surface area (Å²) in [7, 11) is 3.40. The van der Waals surface area contributed by atoms with E-state index >= 15 is 0 Å². The van der Waals surface area contributed by atoms with Crippen molar-refractivity contribution in [2.45, 2.75) is 23.3 Å². The minimum atomic E-state index is -0.197. The number of halogens is 1. The highest BCUT2D eigenvalue weighted by Crippen LogP contribution is 2.40. The molecule has 0 aliphatic carbocycles. The smallest absolute Gasteiger partial charge is 0.133 e. The van der Waals surface area contributed by atoms with Gasteiger partial charge in [-0.05, 0) is 55.1 Å². The predicted octanol–water partition coefficient (Wildman–Crippen LogP) is 4.77. The highest BCUT2D eigenvalue weighted by Gasteiger charge is 2.42. The van der Waals surface area contributed by atoms with Crippen LogP contribution in [0.4, 0.5) is 11.4 Å². The molecule has 1 fully saturated rings. The molecule has 160 valence electrons. The molecule has 2 aromatic carbocycles. The number of aliphatic imine (C=N–C) groups is 1. The van der Waals surface area contributed by atoms with Gasteiger partial charge in [0.1, 0.15) is 11.6 Å². The van der Waals surface area contributed by atoms with Crippen LogP contribution < -0.4 is 15.4 Å². The highest BCUT2D eigenvalue weighted by molar-refractivity contribution is 7.97. The van der Waals surface area contributed by atoms with Crippen LogP contribution >= 0.6 is 23.5 Å². The fraction of sp³-hybridized carbons (Fsp3) is 0.409. The largest absolute Gasteiger partial charge is 0.496 e. The Labute approximate surface area is 187 Å². The molecule has 30 heavy (non-hydrogen) atoms. The van der Waals surface area contributed by atoms with Gasteiger partial charge in [0, 0.05) is 25.2 Å². The molecule has 2 N–H and O–H groups in total. The van der Waals surface area contributed by atoms with Crippen LogP contribution in [0.25, 0.3) is 0 Å². The summed E-state index contributed by atoms with van der Waals surface area (Å²) in [6.07, 6.45) is 1.88. The van der Waals surface area contributed by atoms with Crippen LogP contribution in [-0.2, 0) is 4.74 Å². The Kier molecular flexibility index (Phi) is 6.73. The van der Waals surface area contributed by atoms with Crippen LogP contribution in [0.1, 0.15) is 12.8 Å². The molecule has 1 saturated heterocycles. The van der Waals surface area contributed by atoms with Crippen molar-refractivity contribution < 1.29 is 9.47 Å². The van der Waals surface area contributed by atoms with Gasteiger partial charge in [-0.15, -0.1) is 0 Å². The van der Waals surface area contributed by atoms with Crippen molar-refractivity contribution in [3.63, 3.8) is 0 Å². The quantitative estimate of drug-likeness (QED) is 0.492. The Hall–Kier alpha value is -1.93. The van der Waals surface area contributed by atoms with Gasteiger partial charge >= 0.3 is 0 Å². The number of rotatable bonds is 6. The molecule has 0 saturated carbocycles. The second-order valence-corrected chi connectivity index (χ2v) is 8.99. The van der Waals surface area contributed by atoms with Gasteiger partial charge in [0.25, 0.3) is 0 Å². The summed E-state index contributed by atoms with van der Waals surface area (Å²) >= 11 is 7.91. The van der Waals surface area contributed by atoms with E-state index in [1.165, 1.54) is 0 Å². The van der Waals surface area contributed by atoms with E-state index in [0.29, 0.717) is 18.2 Å². The van der Waals surface area contributed by atoms with Crippen molar-refractivity contribution in [3.05, 3.63) is 47.5 Å². The molecule has 2 heterocycles. The van der Waals surface area contributed by atoms with E-state index in [1.54, 1.807) is 26.2 Å². The van der Waals surface area contributed by atoms with Gasteiger partial charge in [0.05, 0.1) is 42.1 Å². The lowest BCUT2D eigenvalue weighted by Crippen LogP contribution is -2.57. The minimum absolute atomic E-state index is 0.197. The van der Waals surface area contributed by atoms with Crippen molar-refractivity contribution in [2.24, 2.45) is 4.99 Å². The lowest BCUT2D eigenvalue weighted by atomic mass is 9.84.